The Morgan fingerprint density at radius 3 is 1.67 bits per heavy atom. The lowest BCUT2D eigenvalue weighted by Gasteiger charge is -2.54. The summed E-state index contributed by atoms with van der Waals surface area (Å²) in [4.78, 5) is 122. The first-order valence-electron chi connectivity index (χ1n) is 19.0. The van der Waals surface area contributed by atoms with Gasteiger partial charge >= 0.3 is 47.8 Å². The first-order chi connectivity index (χ1) is 26.5. The molecule has 1 N–H and O–H groups in total. The van der Waals surface area contributed by atoms with Crippen molar-refractivity contribution in [1.29, 1.82) is 0 Å². The Morgan fingerprint density at radius 2 is 1.19 bits per heavy atom. The number of fused-ring (bicyclic) bond motifs is 3. The van der Waals surface area contributed by atoms with Crippen molar-refractivity contribution >= 4 is 53.5 Å². The predicted octanol–water partition coefficient (Wildman–Crippen LogP) is 2.55. The molecule has 0 aromatic carbocycles. The van der Waals surface area contributed by atoms with Crippen LogP contribution in [0.5, 0.6) is 0 Å². The molecule has 3 aliphatic rings. The Morgan fingerprint density at radius 1 is 0.672 bits per heavy atom. The first-order valence-corrected chi connectivity index (χ1v) is 19.0. The molecule has 58 heavy (non-hydrogen) atoms. The molecule has 1 aliphatic heterocycles. The van der Waals surface area contributed by atoms with Gasteiger partial charge in [0.2, 0.25) is 5.78 Å². The molecule has 1 saturated heterocycles. The second-order valence-electron chi connectivity index (χ2n) is 16.8. The van der Waals surface area contributed by atoms with Crippen LogP contribution in [0.25, 0.3) is 0 Å². The highest BCUT2D eigenvalue weighted by atomic mass is 16.7. The summed E-state index contributed by atoms with van der Waals surface area (Å²) >= 11 is 0. The van der Waals surface area contributed by atoms with Crippen LogP contribution in [0.4, 0.5) is 0 Å². The molecular weight excluding hydrogens is 768 g/mol. The monoisotopic (exact) mass is 824 g/mol. The second kappa shape index (κ2) is 17.2. The lowest BCUT2D eigenvalue weighted by molar-refractivity contribution is -0.274. The highest BCUT2D eigenvalue weighted by Crippen LogP contribution is 2.57. The van der Waals surface area contributed by atoms with Gasteiger partial charge in [0.05, 0.1) is 17.8 Å². The number of rotatable bonds is 9. The number of hydrogen-bond donors (Lipinski definition) is 1. The highest BCUT2D eigenvalue weighted by molar-refractivity contribution is 5.98. The lowest BCUT2D eigenvalue weighted by atomic mass is 9.65. The van der Waals surface area contributed by atoms with Crippen molar-refractivity contribution in [2.75, 3.05) is 0 Å². The molecule has 0 amide bonds. The summed E-state index contributed by atoms with van der Waals surface area (Å²) in [7, 11) is 0. The lowest BCUT2D eigenvalue weighted by Crippen LogP contribution is -2.72. The molecule has 324 valence electrons. The van der Waals surface area contributed by atoms with Crippen molar-refractivity contribution in [3.63, 3.8) is 0 Å². The molecule has 1 saturated carbocycles. The number of carbonyl (C=O) groups is 9. The molecule has 10 atom stereocenters. The maximum atomic E-state index is 15.3. The van der Waals surface area contributed by atoms with Gasteiger partial charge in [-0.05, 0) is 19.9 Å². The molecule has 0 aromatic rings. The van der Waals surface area contributed by atoms with Gasteiger partial charge in [-0.2, -0.15) is 0 Å². The average Bonchev–Trinajstić information content (AvgIpc) is 3.29. The van der Waals surface area contributed by atoms with E-state index in [0.29, 0.717) is 0 Å². The van der Waals surface area contributed by atoms with E-state index in [2.05, 4.69) is 0 Å². The van der Waals surface area contributed by atoms with Crippen LogP contribution in [0.3, 0.4) is 0 Å². The first kappa shape index (κ1) is 47.5. The minimum atomic E-state index is -2.79. The number of ether oxygens (including phenoxy) is 8. The topological polar surface area (TPSA) is 248 Å². The molecule has 1 heterocycles. The summed E-state index contributed by atoms with van der Waals surface area (Å²) in [5, 5.41) is 12.1. The number of Topliss-reactive ketones (excluding diaryl/α,β-unsaturated/α-hetero) is 1. The zero-order valence-electron chi connectivity index (χ0n) is 35.3. The van der Waals surface area contributed by atoms with Gasteiger partial charge in [0, 0.05) is 59.3 Å². The smallest absolute Gasteiger partial charge is 0.309 e. The van der Waals surface area contributed by atoms with E-state index in [9.17, 15) is 43.5 Å². The van der Waals surface area contributed by atoms with Crippen LogP contribution in [-0.2, 0) is 81.0 Å². The predicted molar refractivity (Wildman–Crippen MR) is 195 cm³/mol. The number of carbonyl (C=O) groups excluding carboxylic acids is 9. The van der Waals surface area contributed by atoms with Gasteiger partial charge in [-0.3, -0.25) is 43.2 Å². The third-order valence-electron chi connectivity index (χ3n) is 10.4. The molecule has 2 fully saturated rings. The van der Waals surface area contributed by atoms with Crippen molar-refractivity contribution in [2.45, 2.75) is 162 Å². The minimum Gasteiger partial charge on any atom is -0.458 e. The van der Waals surface area contributed by atoms with Gasteiger partial charge in [-0.25, -0.2) is 0 Å². The largest absolute Gasteiger partial charge is 0.458 e. The van der Waals surface area contributed by atoms with Crippen molar-refractivity contribution < 1.29 is 86.2 Å². The van der Waals surface area contributed by atoms with E-state index < -0.39 is 149 Å². The summed E-state index contributed by atoms with van der Waals surface area (Å²) in [5.41, 5.74) is -11.8. The van der Waals surface area contributed by atoms with E-state index in [1.807, 2.05) is 0 Å². The zero-order chi connectivity index (χ0) is 44.5. The molecule has 10 unspecified atom stereocenters. The summed E-state index contributed by atoms with van der Waals surface area (Å²) in [6.45, 7) is 16.0. The Kier molecular flexibility index (Phi) is 14.1. The molecule has 0 bridgehead atoms. The molecule has 3 rings (SSSR count). The van der Waals surface area contributed by atoms with Crippen LogP contribution in [0, 0.1) is 23.2 Å². The standard InChI is InChI=1S/C40H56O18/c1-19(2)33(47)55-32-28(51-21(5)41)31(53-23(7)43)36(10,11)16-17-37(12,50)35(49)40(57-25(9)45)18-38(13,56-24(8)44)29(52-22(6)42)27(40)30-39(32,15-14-26(46)54-30)58-34(48)20(3)4/h16-17,19-20,27-32,50H,14-15,18H2,1-13H3. The quantitative estimate of drug-likeness (QED) is 0.199. The number of ketones is 1. The van der Waals surface area contributed by atoms with Gasteiger partial charge in [-0.1, -0.05) is 47.6 Å². The summed E-state index contributed by atoms with van der Waals surface area (Å²) < 4.78 is 47.9. The summed E-state index contributed by atoms with van der Waals surface area (Å²) in [5.74, 6) is -13.3. The maximum absolute atomic E-state index is 15.3. The Bertz CT molecular complexity index is 1720. The number of esters is 8. The maximum Gasteiger partial charge on any atom is 0.309 e. The van der Waals surface area contributed by atoms with E-state index in [1.165, 1.54) is 54.5 Å². The van der Waals surface area contributed by atoms with Crippen LogP contribution < -0.4 is 0 Å². The van der Waals surface area contributed by atoms with Gasteiger partial charge in [-0.15, -0.1) is 0 Å². The Hall–Kier alpha value is -4.87. The molecule has 18 nitrogen and oxygen atoms in total. The van der Waals surface area contributed by atoms with Gasteiger partial charge in [0.25, 0.3) is 0 Å². The fourth-order valence-electron chi connectivity index (χ4n) is 8.08. The van der Waals surface area contributed by atoms with Crippen LogP contribution in [0.1, 0.15) is 109 Å². The fraction of sp³-hybridized carbons (Fsp3) is 0.725. The Labute approximate surface area is 336 Å². The van der Waals surface area contributed by atoms with Gasteiger partial charge in [0.15, 0.2) is 47.3 Å². The van der Waals surface area contributed by atoms with Crippen molar-refractivity contribution in [3.05, 3.63) is 12.2 Å². The van der Waals surface area contributed by atoms with Gasteiger partial charge < -0.3 is 43.0 Å². The van der Waals surface area contributed by atoms with E-state index in [4.69, 9.17) is 37.9 Å². The summed E-state index contributed by atoms with van der Waals surface area (Å²) in [6, 6.07) is 0. The molecule has 0 aromatic heterocycles. The summed E-state index contributed by atoms with van der Waals surface area (Å²) in [6.07, 6.45) is -9.66. The Balaban J connectivity index is 2.84. The van der Waals surface area contributed by atoms with E-state index in [0.717, 1.165) is 47.6 Å². The van der Waals surface area contributed by atoms with E-state index in [-0.39, 0.29) is 0 Å². The molecule has 0 spiro atoms. The normalized spacial score (nSPS) is 34.5. The molecular formula is C40H56O18. The van der Waals surface area contributed by atoms with E-state index in [1.54, 1.807) is 0 Å². The third kappa shape index (κ3) is 9.69. The molecule has 18 heteroatoms. The van der Waals surface area contributed by atoms with Crippen LogP contribution in [0.2, 0.25) is 0 Å². The molecule has 0 radical (unpaired) electrons. The van der Waals surface area contributed by atoms with Crippen LogP contribution in [-0.4, -0.2) is 112 Å². The van der Waals surface area contributed by atoms with Crippen molar-refractivity contribution in [1.82, 2.24) is 0 Å². The van der Waals surface area contributed by atoms with Crippen molar-refractivity contribution in [2.24, 2.45) is 23.2 Å². The minimum absolute atomic E-state index is 0.579. The number of hydrogen-bond acceptors (Lipinski definition) is 18. The number of aliphatic hydroxyl groups is 1. The SMILES string of the molecule is CC(=O)OC1C(OC(C)=O)C(C)(C)C=CC(C)(O)C(=O)C2(OC(C)=O)CC(C)(OC(C)=O)C(OC(C)=O)C2C2OC(=O)CCC2(OC(=O)C(C)C)C1OC(=O)C(C)C. The highest BCUT2D eigenvalue weighted by Gasteiger charge is 2.77. The van der Waals surface area contributed by atoms with E-state index >= 15 is 4.79 Å². The van der Waals surface area contributed by atoms with Gasteiger partial charge in [0.1, 0.15) is 5.60 Å². The van der Waals surface area contributed by atoms with Crippen LogP contribution >= 0.6 is 0 Å². The third-order valence-corrected chi connectivity index (χ3v) is 10.4. The zero-order valence-corrected chi connectivity index (χ0v) is 35.3. The fourth-order valence-corrected chi connectivity index (χ4v) is 8.08. The van der Waals surface area contributed by atoms with Crippen molar-refractivity contribution in [3.8, 4) is 0 Å². The average molecular weight is 825 g/mol. The van der Waals surface area contributed by atoms with Crippen LogP contribution in [0.15, 0.2) is 12.2 Å². The second-order valence-corrected chi connectivity index (χ2v) is 16.8. The molecule has 2 aliphatic carbocycles.